The Morgan fingerprint density at radius 3 is 2.67 bits per heavy atom. The molecule has 2 atom stereocenters. The largest absolute Gasteiger partial charge is 0.481 e. The molecule has 0 radical (unpaired) electrons. The molecule has 5 heteroatoms. The van der Waals surface area contributed by atoms with Crippen LogP contribution in [0.25, 0.3) is 0 Å². The average molecular weight is 214 g/mol. The fraction of sp³-hybridized carbons (Fsp3) is 0.700. The minimum atomic E-state index is -0.910. The van der Waals surface area contributed by atoms with E-state index in [2.05, 4.69) is 4.74 Å². The molecule has 1 saturated carbocycles. The lowest BCUT2D eigenvalue weighted by Gasteiger charge is -2.23. The zero-order valence-electron chi connectivity index (χ0n) is 8.56. The number of carbonyl (C=O) groups excluding carboxylic acids is 2. The van der Waals surface area contributed by atoms with Crippen LogP contribution in [0.1, 0.15) is 25.7 Å². The third-order valence-corrected chi connectivity index (χ3v) is 3.05. The summed E-state index contributed by atoms with van der Waals surface area (Å²) < 4.78 is 4.63. The van der Waals surface area contributed by atoms with Gasteiger partial charge in [-0.25, -0.2) is 0 Å². The highest BCUT2D eigenvalue weighted by Gasteiger charge is 2.47. The molecule has 0 spiro atoms. The lowest BCUT2D eigenvalue weighted by molar-refractivity contribution is -0.154. The zero-order valence-corrected chi connectivity index (χ0v) is 8.56. The van der Waals surface area contributed by atoms with E-state index in [1.54, 1.807) is 0 Å². The predicted octanol–water partition coefficient (Wildman–Crippen LogP) is 0.619. The molecular weight excluding hydrogens is 200 g/mol. The molecule has 1 rings (SSSR count). The molecule has 0 aromatic carbocycles. The van der Waals surface area contributed by atoms with Crippen LogP contribution in [0.15, 0.2) is 0 Å². The van der Waals surface area contributed by atoms with Crippen molar-refractivity contribution in [1.82, 2.24) is 0 Å². The molecule has 84 valence electrons. The summed E-state index contributed by atoms with van der Waals surface area (Å²) in [6, 6.07) is 0. The van der Waals surface area contributed by atoms with E-state index in [-0.39, 0.29) is 12.8 Å². The number of methoxy groups -OCH3 is 1. The molecule has 1 aliphatic carbocycles. The van der Waals surface area contributed by atoms with Crippen molar-refractivity contribution in [2.24, 2.45) is 11.3 Å². The number of aldehydes is 1. The Labute approximate surface area is 87.4 Å². The van der Waals surface area contributed by atoms with Gasteiger partial charge in [0.15, 0.2) is 0 Å². The normalized spacial score (nSPS) is 29.8. The molecule has 0 aliphatic heterocycles. The van der Waals surface area contributed by atoms with Crippen LogP contribution in [0.3, 0.4) is 0 Å². The summed E-state index contributed by atoms with van der Waals surface area (Å²) >= 11 is 0. The summed E-state index contributed by atoms with van der Waals surface area (Å²) in [5, 5.41) is 8.83. The van der Waals surface area contributed by atoms with Crippen molar-refractivity contribution in [3.05, 3.63) is 0 Å². The van der Waals surface area contributed by atoms with Gasteiger partial charge in [-0.3, -0.25) is 9.59 Å². The molecule has 1 aliphatic rings. The molecule has 1 fully saturated rings. The van der Waals surface area contributed by atoms with E-state index < -0.39 is 23.3 Å². The third-order valence-electron chi connectivity index (χ3n) is 3.05. The first kappa shape index (κ1) is 11.7. The number of aliphatic carboxylic acids is 1. The van der Waals surface area contributed by atoms with E-state index in [0.717, 1.165) is 0 Å². The van der Waals surface area contributed by atoms with Crippen LogP contribution in [0.4, 0.5) is 0 Å². The highest BCUT2D eigenvalue weighted by Crippen LogP contribution is 2.44. The van der Waals surface area contributed by atoms with Crippen LogP contribution >= 0.6 is 0 Å². The molecular formula is C10H14O5. The maximum absolute atomic E-state index is 11.5. The first-order valence-electron chi connectivity index (χ1n) is 4.80. The van der Waals surface area contributed by atoms with Gasteiger partial charge >= 0.3 is 11.9 Å². The number of carbonyl (C=O) groups is 3. The van der Waals surface area contributed by atoms with Gasteiger partial charge in [0.05, 0.1) is 18.4 Å². The van der Waals surface area contributed by atoms with E-state index >= 15 is 0 Å². The summed E-state index contributed by atoms with van der Waals surface area (Å²) in [6.45, 7) is 0. The van der Waals surface area contributed by atoms with Crippen molar-refractivity contribution in [3.63, 3.8) is 0 Å². The summed E-state index contributed by atoms with van der Waals surface area (Å²) in [7, 11) is 1.25. The van der Waals surface area contributed by atoms with E-state index in [1.807, 2.05) is 0 Å². The summed E-state index contributed by atoms with van der Waals surface area (Å²) in [5.74, 6) is -1.92. The molecule has 2 unspecified atom stereocenters. The fourth-order valence-corrected chi connectivity index (χ4v) is 2.17. The van der Waals surface area contributed by atoms with Gasteiger partial charge in [-0.15, -0.1) is 0 Å². The van der Waals surface area contributed by atoms with Gasteiger partial charge in [-0.2, -0.15) is 0 Å². The van der Waals surface area contributed by atoms with E-state index in [9.17, 15) is 14.4 Å². The Morgan fingerprint density at radius 2 is 2.27 bits per heavy atom. The Morgan fingerprint density at radius 1 is 1.60 bits per heavy atom. The first-order valence-corrected chi connectivity index (χ1v) is 4.80. The van der Waals surface area contributed by atoms with Crippen LogP contribution < -0.4 is 0 Å². The van der Waals surface area contributed by atoms with E-state index in [1.165, 1.54) is 7.11 Å². The van der Waals surface area contributed by atoms with Crippen LogP contribution in [0, 0.1) is 11.3 Å². The quantitative estimate of drug-likeness (QED) is 0.548. The van der Waals surface area contributed by atoms with Gasteiger partial charge < -0.3 is 14.6 Å². The molecule has 5 nitrogen and oxygen atoms in total. The van der Waals surface area contributed by atoms with Gasteiger partial charge in [-0.05, 0) is 19.3 Å². The van der Waals surface area contributed by atoms with Gasteiger partial charge in [0, 0.05) is 6.42 Å². The number of hydrogen-bond acceptors (Lipinski definition) is 4. The standard InChI is InChI=1S/C10H14O5/c1-15-9(14)10(4-5-11)3-2-7(6-10)8(12)13/h5,7H,2-4,6H2,1H3,(H,12,13). The fourth-order valence-electron chi connectivity index (χ4n) is 2.17. The second kappa shape index (κ2) is 4.42. The van der Waals surface area contributed by atoms with Gasteiger partial charge in [0.2, 0.25) is 0 Å². The topological polar surface area (TPSA) is 80.7 Å². The van der Waals surface area contributed by atoms with Crippen LogP contribution in [-0.2, 0) is 19.1 Å². The Hall–Kier alpha value is -1.39. The van der Waals surface area contributed by atoms with Crippen molar-refractivity contribution in [1.29, 1.82) is 0 Å². The maximum Gasteiger partial charge on any atom is 0.312 e. The van der Waals surface area contributed by atoms with Crippen molar-refractivity contribution < 1.29 is 24.2 Å². The number of carboxylic acids is 1. The first-order chi connectivity index (χ1) is 7.05. The predicted molar refractivity (Wildman–Crippen MR) is 50.1 cm³/mol. The molecule has 0 saturated heterocycles. The minimum absolute atomic E-state index is 0.0451. The molecule has 0 amide bonds. The van der Waals surface area contributed by atoms with Crippen molar-refractivity contribution in [2.45, 2.75) is 25.7 Å². The lowest BCUT2D eigenvalue weighted by Crippen LogP contribution is -2.31. The van der Waals surface area contributed by atoms with Crippen LogP contribution in [0.5, 0.6) is 0 Å². The highest BCUT2D eigenvalue weighted by molar-refractivity contribution is 5.82. The number of ether oxygens (including phenoxy) is 1. The number of carboxylic acid groups (broad SMARTS) is 1. The van der Waals surface area contributed by atoms with Crippen molar-refractivity contribution in [2.75, 3.05) is 7.11 Å². The van der Waals surface area contributed by atoms with Gasteiger partial charge in [0.1, 0.15) is 6.29 Å². The maximum atomic E-state index is 11.5. The average Bonchev–Trinajstić information content (AvgIpc) is 2.63. The van der Waals surface area contributed by atoms with E-state index in [0.29, 0.717) is 19.1 Å². The second-order valence-corrected chi connectivity index (χ2v) is 3.92. The minimum Gasteiger partial charge on any atom is -0.481 e. The van der Waals surface area contributed by atoms with Crippen molar-refractivity contribution in [3.8, 4) is 0 Å². The molecule has 0 heterocycles. The summed E-state index contributed by atoms with van der Waals surface area (Å²) in [4.78, 5) is 32.8. The number of esters is 1. The smallest absolute Gasteiger partial charge is 0.312 e. The van der Waals surface area contributed by atoms with Crippen LogP contribution in [-0.4, -0.2) is 30.4 Å². The highest BCUT2D eigenvalue weighted by atomic mass is 16.5. The molecule has 1 N–H and O–H groups in total. The molecule has 0 aromatic rings. The van der Waals surface area contributed by atoms with Gasteiger partial charge in [0.25, 0.3) is 0 Å². The Kier molecular flexibility index (Phi) is 3.44. The lowest BCUT2D eigenvalue weighted by atomic mass is 9.82. The molecule has 15 heavy (non-hydrogen) atoms. The molecule has 0 aromatic heterocycles. The monoisotopic (exact) mass is 214 g/mol. The second-order valence-electron chi connectivity index (χ2n) is 3.92. The Bertz CT molecular complexity index is 286. The summed E-state index contributed by atoms with van der Waals surface area (Å²) in [5.41, 5.74) is -0.903. The SMILES string of the molecule is COC(=O)C1(CC=O)CCC(C(=O)O)C1. The zero-order chi connectivity index (χ0) is 11.5. The third kappa shape index (κ3) is 2.16. The van der Waals surface area contributed by atoms with Crippen molar-refractivity contribution >= 4 is 18.2 Å². The van der Waals surface area contributed by atoms with Gasteiger partial charge in [-0.1, -0.05) is 0 Å². The van der Waals surface area contributed by atoms with Crippen LogP contribution in [0.2, 0.25) is 0 Å². The molecule has 0 bridgehead atoms. The Balaban J connectivity index is 2.81. The number of rotatable bonds is 4. The number of hydrogen-bond donors (Lipinski definition) is 1. The van der Waals surface area contributed by atoms with E-state index in [4.69, 9.17) is 5.11 Å². The summed E-state index contributed by atoms with van der Waals surface area (Å²) in [6.07, 6.45) is 1.74.